The minimum absolute atomic E-state index is 0.0924. The minimum atomic E-state index is -0.432. The number of benzene rings is 1. The fourth-order valence-corrected chi connectivity index (χ4v) is 4.02. The van der Waals surface area contributed by atoms with Crippen LogP contribution in [0.2, 0.25) is 0 Å². The van der Waals surface area contributed by atoms with Crippen molar-refractivity contribution >= 4 is 11.8 Å². The van der Waals surface area contributed by atoms with E-state index in [1.807, 2.05) is 0 Å². The molecular formula is C21H24N2O5. The zero-order chi connectivity index (χ0) is 19.7. The summed E-state index contributed by atoms with van der Waals surface area (Å²) in [5.74, 6) is 0.263. The van der Waals surface area contributed by atoms with E-state index < -0.39 is 5.60 Å². The van der Waals surface area contributed by atoms with E-state index >= 15 is 0 Å². The topological polar surface area (TPSA) is 83.2 Å². The Hall–Kier alpha value is -2.80. The van der Waals surface area contributed by atoms with Gasteiger partial charge >= 0.3 is 0 Å². The van der Waals surface area contributed by atoms with E-state index in [2.05, 4.69) is 0 Å². The van der Waals surface area contributed by atoms with Gasteiger partial charge in [0.1, 0.15) is 5.75 Å². The maximum atomic E-state index is 13.0. The molecule has 7 nitrogen and oxygen atoms in total. The highest BCUT2D eigenvalue weighted by atomic mass is 16.5. The number of nitrogens with zero attached hydrogens (tertiary/aromatic N) is 2. The van der Waals surface area contributed by atoms with Crippen LogP contribution in [0, 0.1) is 6.92 Å². The predicted molar refractivity (Wildman–Crippen MR) is 101 cm³/mol. The lowest BCUT2D eigenvalue weighted by molar-refractivity contribution is -0.123. The SMILES string of the molecule is Cc1c(O)cccc1C(=O)N1CCOC2(CCN(C(=O)c3ccco3)CC2)C1. The molecular weight excluding hydrogens is 360 g/mol. The van der Waals surface area contributed by atoms with Crippen molar-refractivity contribution in [1.29, 1.82) is 0 Å². The Morgan fingerprint density at radius 1 is 1.04 bits per heavy atom. The van der Waals surface area contributed by atoms with Crippen LogP contribution in [0.3, 0.4) is 0 Å². The van der Waals surface area contributed by atoms with Crippen molar-refractivity contribution in [2.24, 2.45) is 0 Å². The van der Waals surface area contributed by atoms with Gasteiger partial charge in [-0.1, -0.05) is 6.07 Å². The first kappa shape index (κ1) is 18.6. The molecule has 1 N–H and O–H groups in total. The van der Waals surface area contributed by atoms with Crippen molar-refractivity contribution in [3.63, 3.8) is 0 Å². The van der Waals surface area contributed by atoms with Crippen molar-refractivity contribution in [3.05, 3.63) is 53.5 Å². The standard InChI is InChI=1S/C21H24N2O5/c1-15-16(4-2-5-17(15)24)19(25)23-11-13-28-21(14-23)7-9-22(10-8-21)20(26)18-6-3-12-27-18/h2-6,12,24H,7-11,13-14H2,1H3. The highest BCUT2D eigenvalue weighted by Gasteiger charge is 2.42. The number of ether oxygens (including phenoxy) is 1. The Morgan fingerprint density at radius 2 is 1.82 bits per heavy atom. The third-order valence-electron chi connectivity index (χ3n) is 5.77. The van der Waals surface area contributed by atoms with E-state index in [0.29, 0.717) is 62.5 Å². The Morgan fingerprint density at radius 3 is 2.54 bits per heavy atom. The van der Waals surface area contributed by atoms with Crippen LogP contribution in [-0.4, -0.2) is 65.1 Å². The highest BCUT2D eigenvalue weighted by molar-refractivity contribution is 5.96. The summed E-state index contributed by atoms with van der Waals surface area (Å²) in [6, 6.07) is 8.38. The van der Waals surface area contributed by atoms with Gasteiger partial charge in [-0.15, -0.1) is 0 Å². The molecule has 28 heavy (non-hydrogen) atoms. The number of rotatable bonds is 2. The Labute approximate surface area is 163 Å². The van der Waals surface area contributed by atoms with E-state index in [1.54, 1.807) is 47.1 Å². The number of phenolic OH excluding ortho intramolecular Hbond substituents is 1. The van der Waals surface area contributed by atoms with E-state index in [9.17, 15) is 14.7 Å². The lowest BCUT2D eigenvalue weighted by Gasteiger charge is -2.47. The number of amides is 2. The molecule has 7 heteroatoms. The average Bonchev–Trinajstić information content (AvgIpc) is 3.25. The summed E-state index contributed by atoms with van der Waals surface area (Å²) in [6.07, 6.45) is 2.83. The number of carbonyl (C=O) groups is 2. The van der Waals surface area contributed by atoms with Crippen molar-refractivity contribution in [3.8, 4) is 5.75 Å². The van der Waals surface area contributed by atoms with Gasteiger partial charge in [-0.05, 0) is 44.0 Å². The number of phenols is 1. The van der Waals surface area contributed by atoms with Gasteiger partial charge in [0.05, 0.1) is 25.0 Å². The molecule has 2 saturated heterocycles. The van der Waals surface area contributed by atoms with Gasteiger partial charge in [-0.3, -0.25) is 9.59 Å². The average molecular weight is 384 g/mol. The molecule has 2 fully saturated rings. The van der Waals surface area contributed by atoms with E-state index in [-0.39, 0.29) is 17.6 Å². The number of piperidine rings is 1. The normalized spacial score (nSPS) is 19.0. The quantitative estimate of drug-likeness (QED) is 0.860. The van der Waals surface area contributed by atoms with E-state index in [0.717, 1.165) is 0 Å². The second-order valence-electron chi connectivity index (χ2n) is 7.48. The Bertz CT molecular complexity index is 869. The maximum Gasteiger partial charge on any atom is 0.289 e. The molecule has 0 aliphatic carbocycles. The summed E-state index contributed by atoms with van der Waals surface area (Å²) in [5, 5.41) is 9.91. The molecule has 1 aromatic heterocycles. The van der Waals surface area contributed by atoms with Crippen LogP contribution in [0.25, 0.3) is 0 Å². The molecule has 3 heterocycles. The first-order chi connectivity index (χ1) is 13.5. The first-order valence-electron chi connectivity index (χ1n) is 9.54. The molecule has 148 valence electrons. The van der Waals surface area contributed by atoms with Crippen LogP contribution in [0.5, 0.6) is 5.75 Å². The molecule has 2 aliphatic rings. The van der Waals surface area contributed by atoms with Crippen LogP contribution in [0.15, 0.2) is 41.0 Å². The summed E-state index contributed by atoms with van der Waals surface area (Å²) in [6.45, 7) is 4.35. The summed E-state index contributed by atoms with van der Waals surface area (Å²) in [4.78, 5) is 29.0. The highest BCUT2D eigenvalue weighted by Crippen LogP contribution is 2.32. The van der Waals surface area contributed by atoms with Gasteiger partial charge in [0, 0.05) is 30.8 Å². The zero-order valence-electron chi connectivity index (χ0n) is 15.9. The van der Waals surface area contributed by atoms with Crippen molar-refractivity contribution < 1.29 is 23.8 Å². The minimum Gasteiger partial charge on any atom is -0.508 e. The summed E-state index contributed by atoms with van der Waals surface area (Å²) < 4.78 is 11.3. The lowest BCUT2D eigenvalue weighted by Crippen LogP contribution is -2.58. The molecule has 2 aromatic rings. The van der Waals surface area contributed by atoms with Crippen LogP contribution < -0.4 is 0 Å². The monoisotopic (exact) mass is 384 g/mol. The van der Waals surface area contributed by atoms with E-state index in [4.69, 9.17) is 9.15 Å². The van der Waals surface area contributed by atoms with Crippen LogP contribution in [0.4, 0.5) is 0 Å². The maximum absolute atomic E-state index is 13.0. The van der Waals surface area contributed by atoms with Gasteiger partial charge in [0.15, 0.2) is 5.76 Å². The number of aromatic hydroxyl groups is 1. The second-order valence-corrected chi connectivity index (χ2v) is 7.48. The Balaban J connectivity index is 1.43. The van der Waals surface area contributed by atoms with Gasteiger partial charge in [0.25, 0.3) is 11.8 Å². The number of hydrogen-bond donors (Lipinski definition) is 1. The van der Waals surface area contributed by atoms with Gasteiger partial charge in [0.2, 0.25) is 0 Å². The molecule has 0 unspecified atom stereocenters. The molecule has 2 amide bonds. The number of likely N-dealkylation sites (tertiary alicyclic amines) is 1. The molecule has 4 rings (SSSR count). The lowest BCUT2D eigenvalue weighted by atomic mass is 9.88. The first-order valence-corrected chi connectivity index (χ1v) is 9.54. The molecule has 0 bridgehead atoms. The molecule has 1 spiro atoms. The molecule has 2 aliphatic heterocycles. The molecule has 1 aromatic carbocycles. The van der Waals surface area contributed by atoms with Gasteiger partial charge in [-0.2, -0.15) is 0 Å². The van der Waals surface area contributed by atoms with Crippen LogP contribution in [0.1, 0.15) is 39.3 Å². The van der Waals surface area contributed by atoms with Gasteiger partial charge in [-0.25, -0.2) is 0 Å². The van der Waals surface area contributed by atoms with Crippen molar-refractivity contribution in [1.82, 2.24) is 9.80 Å². The number of carbonyl (C=O) groups excluding carboxylic acids is 2. The number of morpholine rings is 1. The second kappa shape index (κ2) is 7.31. The summed E-state index contributed by atoms with van der Waals surface area (Å²) in [7, 11) is 0. The molecule has 0 saturated carbocycles. The molecule has 0 atom stereocenters. The third kappa shape index (κ3) is 3.38. The fourth-order valence-electron chi connectivity index (χ4n) is 4.02. The van der Waals surface area contributed by atoms with Crippen LogP contribution >= 0.6 is 0 Å². The third-order valence-corrected chi connectivity index (χ3v) is 5.77. The van der Waals surface area contributed by atoms with Gasteiger partial charge < -0.3 is 24.1 Å². The number of hydrogen-bond acceptors (Lipinski definition) is 5. The predicted octanol–water partition coefficient (Wildman–Crippen LogP) is 2.44. The molecule has 0 radical (unpaired) electrons. The zero-order valence-corrected chi connectivity index (χ0v) is 15.9. The largest absolute Gasteiger partial charge is 0.508 e. The smallest absolute Gasteiger partial charge is 0.289 e. The Kier molecular flexibility index (Phi) is 4.85. The van der Waals surface area contributed by atoms with Crippen LogP contribution in [-0.2, 0) is 4.74 Å². The van der Waals surface area contributed by atoms with Crippen molar-refractivity contribution in [2.45, 2.75) is 25.4 Å². The summed E-state index contributed by atoms with van der Waals surface area (Å²) >= 11 is 0. The van der Waals surface area contributed by atoms with E-state index in [1.165, 1.54) is 6.26 Å². The number of furan rings is 1. The van der Waals surface area contributed by atoms with Crippen molar-refractivity contribution in [2.75, 3.05) is 32.8 Å². The fraction of sp³-hybridized carbons (Fsp3) is 0.429. The summed E-state index contributed by atoms with van der Waals surface area (Å²) in [5.41, 5.74) is 0.674.